The average molecular weight is 786 g/mol. The first kappa shape index (κ1) is 36.3. The number of rotatable bonds is 7. The largest absolute Gasteiger partial charge is 0.310 e. The van der Waals surface area contributed by atoms with Crippen molar-refractivity contribution < 1.29 is 0 Å². The highest BCUT2D eigenvalue weighted by atomic mass is 15.3. The minimum atomic E-state index is -0.590. The molecule has 0 fully saturated rings. The van der Waals surface area contributed by atoms with Crippen LogP contribution >= 0.6 is 0 Å². The molecule has 0 amide bonds. The van der Waals surface area contributed by atoms with E-state index in [9.17, 15) is 0 Å². The number of aromatic nitrogens is 2. The van der Waals surface area contributed by atoms with E-state index in [0.29, 0.717) is 0 Å². The molecular weight excluding hydrogens is 743 g/mol. The summed E-state index contributed by atoms with van der Waals surface area (Å²) in [6.07, 6.45) is 3.92. The lowest BCUT2D eigenvalue weighted by Crippen LogP contribution is -2.38. The van der Waals surface area contributed by atoms with E-state index < -0.39 is 5.41 Å². The Kier molecular flexibility index (Phi) is 8.64. The van der Waals surface area contributed by atoms with Crippen LogP contribution in [0.15, 0.2) is 225 Å². The van der Waals surface area contributed by atoms with Gasteiger partial charge in [-0.05, 0) is 106 Å². The Morgan fingerprint density at radius 3 is 1.48 bits per heavy atom. The zero-order valence-electron chi connectivity index (χ0n) is 34.1. The highest BCUT2D eigenvalue weighted by Crippen LogP contribution is 2.58. The summed E-state index contributed by atoms with van der Waals surface area (Å²) in [6, 6.07) is 76.0. The van der Waals surface area contributed by atoms with Crippen LogP contribution in [0.5, 0.6) is 0 Å². The first-order valence-corrected chi connectivity index (χ1v) is 20.9. The van der Waals surface area contributed by atoms with E-state index in [-0.39, 0.29) is 5.41 Å². The summed E-state index contributed by atoms with van der Waals surface area (Å²) < 4.78 is 0. The van der Waals surface area contributed by atoms with Crippen molar-refractivity contribution in [2.45, 2.75) is 24.7 Å². The van der Waals surface area contributed by atoms with Gasteiger partial charge in [-0.15, -0.1) is 0 Å². The summed E-state index contributed by atoms with van der Waals surface area (Å²) in [6.45, 7) is 4.68. The number of benzene rings is 7. The number of para-hydroxylation sites is 4. The monoisotopic (exact) mass is 785 g/mol. The molecule has 0 saturated heterocycles. The maximum atomic E-state index is 5.62. The number of nitrogens with zero attached hydrogens (tertiary/aromatic N) is 5. The van der Waals surface area contributed by atoms with Crippen LogP contribution in [0.4, 0.5) is 51.4 Å². The fourth-order valence-electron chi connectivity index (χ4n) is 9.89. The third-order valence-electron chi connectivity index (χ3n) is 12.6. The number of hydrogen-bond donors (Lipinski definition) is 0. The van der Waals surface area contributed by atoms with Crippen LogP contribution in [0.25, 0.3) is 0 Å². The minimum absolute atomic E-state index is 0.302. The maximum absolute atomic E-state index is 5.62. The van der Waals surface area contributed by atoms with Gasteiger partial charge in [0.25, 0.3) is 0 Å². The number of fused-ring (bicyclic) bond motifs is 4. The lowest BCUT2D eigenvalue weighted by Gasteiger charge is -2.46. The van der Waals surface area contributed by atoms with Crippen LogP contribution in [0.3, 0.4) is 0 Å². The van der Waals surface area contributed by atoms with E-state index in [1.54, 1.807) is 0 Å². The molecule has 0 unspecified atom stereocenters. The molecule has 9 aromatic rings. The fourth-order valence-corrected chi connectivity index (χ4v) is 9.89. The van der Waals surface area contributed by atoms with Crippen LogP contribution in [0.2, 0.25) is 0 Å². The molecule has 0 bridgehead atoms. The van der Waals surface area contributed by atoms with Gasteiger partial charge in [0.1, 0.15) is 11.6 Å². The van der Waals surface area contributed by atoms with Crippen molar-refractivity contribution in [3.8, 4) is 0 Å². The van der Waals surface area contributed by atoms with Gasteiger partial charge in [0.05, 0.1) is 34.4 Å². The second-order valence-electron chi connectivity index (χ2n) is 16.3. The van der Waals surface area contributed by atoms with Gasteiger partial charge >= 0.3 is 0 Å². The molecule has 5 nitrogen and oxygen atoms in total. The molecule has 7 aromatic carbocycles. The van der Waals surface area contributed by atoms with Crippen LogP contribution < -0.4 is 14.7 Å². The van der Waals surface area contributed by atoms with E-state index in [4.69, 9.17) is 9.97 Å². The van der Waals surface area contributed by atoms with Crippen LogP contribution in [-0.4, -0.2) is 9.97 Å². The Morgan fingerprint density at radius 1 is 0.393 bits per heavy atom. The molecule has 11 rings (SSSR count). The summed E-state index contributed by atoms with van der Waals surface area (Å²) in [7, 11) is 0. The van der Waals surface area contributed by atoms with E-state index >= 15 is 0 Å². The van der Waals surface area contributed by atoms with E-state index in [2.05, 4.69) is 241 Å². The molecule has 0 saturated carbocycles. The summed E-state index contributed by atoms with van der Waals surface area (Å²) in [5.41, 5.74) is 13.9. The third kappa shape index (κ3) is 5.69. The van der Waals surface area contributed by atoms with Gasteiger partial charge in [-0.2, -0.15) is 0 Å². The highest BCUT2D eigenvalue weighted by molar-refractivity contribution is 5.91. The van der Waals surface area contributed by atoms with E-state index in [1.165, 1.54) is 27.8 Å². The van der Waals surface area contributed by atoms with E-state index in [0.717, 1.165) is 57.0 Å². The molecule has 0 atom stereocenters. The molecule has 292 valence electrons. The topological polar surface area (TPSA) is 35.5 Å². The van der Waals surface area contributed by atoms with Crippen LogP contribution in [0, 0.1) is 0 Å². The molecule has 2 aromatic heterocycles. The first-order valence-electron chi connectivity index (χ1n) is 20.9. The molecule has 0 aliphatic carbocycles. The number of hydrogen-bond acceptors (Lipinski definition) is 5. The van der Waals surface area contributed by atoms with Gasteiger partial charge < -0.3 is 4.90 Å². The van der Waals surface area contributed by atoms with Crippen LogP contribution in [-0.2, 0) is 10.8 Å². The van der Waals surface area contributed by atoms with Crippen molar-refractivity contribution in [3.05, 3.63) is 258 Å². The van der Waals surface area contributed by atoms with Crippen molar-refractivity contribution in [2.75, 3.05) is 14.7 Å². The quantitative estimate of drug-likeness (QED) is 0.161. The lowest BCUT2D eigenvalue weighted by molar-refractivity contribution is 0.631. The third-order valence-corrected chi connectivity index (χ3v) is 12.6. The number of anilines is 9. The molecule has 2 aliphatic rings. The van der Waals surface area contributed by atoms with Crippen molar-refractivity contribution in [1.29, 1.82) is 0 Å². The zero-order chi connectivity index (χ0) is 41.0. The Hall–Kier alpha value is -7.76. The zero-order valence-corrected chi connectivity index (χ0v) is 34.1. The van der Waals surface area contributed by atoms with Gasteiger partial charge in [-0.3, -0.25) is 14.8 Å². The van der Waals surface area contributed by atoms with Crippen molar-refractivity contribution in [2.24, 2.45) is 0 Å². The molecule has 0 N–H and O–H groups in total. The molecule has 61 heavy (non-hydrogen) atoms. The molecule has 4 heterocycles. The summed E-state index contributed by atoms with van der Waals surface area (Å²) in [4.78, 5) is 17.4. The van der Waals surface area contributed by atoms with Crippen molar-refractivity contribution in [1.82, 2.24) is 9.97 Å². The second kappa shape index (κ2) is 14.5. The van der Waals surface area contributed by atoms with Gasteiger partial charge in [0.2, 0.25) is 0 Å². The predicted octanol–water partition coefficient (Wildman–Crippen LogP) is 14.2. The average Bonchev–Trinajstić information content (AvgIpc) is 3.32. The second-order valence-corrected chi connectivity index (χ2v) is 16.3. The lowest BCUT2D eigenvalue weighted by atomic mass is 9.63. The van der Waals surface area contributed by atoms with Gasteiger partial charge in [0, 0.05) is 28.7 Å². The number of pyridine rings is 2. The van der Waals surface area contributed by atoms with E-state index in [1.807, 2.05) is 12.4 Å². The molecule has 0 spiro atoms. The smallest absolute Gasteiger partial charge is 0.140 e. The Labute approximate surface area is 357 Å². The molecular formula is C56H43N5. The molecule has 2 aliphatic heterocycles. The summed E-state index contributed by atoms with van der Waals surface area (Å²) in [5.74, 6) is 1.65. The Balaban J connectivity index is 1.10. The highest BCUT2D eigenvalue weighted by Gasteiger charge is 2.47. The SMILES string of the molecule is CC1(C)c2ccccc2N(c2cccc(N3c4ccccc4C(c4ccccc4)(c4ccccc4)c4ccncc43)n2)c2ccc(N(c3ccccc3)c3ccccc3)cc21. The van der Waals surface area contributed by atoms with Crippen molar-refractivity contribution >= 4 is 51.4 Å². The summed E-state index contributed by atoms with van der Waals surface area (Å²) >= 11 is 0. The first-order chi connectivity index (χ1) is 30.0. The minimum Gasteiger partial charge on any atom is -0.310 e. The van der Waals surface area contributed by atoms with Crippen LogP contribution in [0.1, 0.15) is 47.2 Å². The standard InChI is InChI=1S/C56H43N5/c1-55(2)45-28-15-17-30-49(45)60(51-35-34-44(38-48(51)55)59(42-24-11-5-12-25-42)43-26-13-6-14-27-43)53-32-19-33-54(58-53)61-50-31-18-16-29-46(50)56(40-20-7-3-8-21-40,41-22-9-4-10-23-41)47-36-37-57-39-52(47)61/h3-39H,1-2H3. The van der Waals surface area contributed by atoms with Crippen molar-refractivity contribution in [3.63, 3.8) is 0 Å². The Morgan fingerprint density at radius 2 is 0.869 bits per heavy atom. The van der Waals surface area contributed by atoms with Gasteiger partial charge in [-0.25, -0.2) is 4.98 Å². The van der Waals surface area contributed by atoms with Gasteiger partial charge in [0.15, 0.2) is 0 Å². The fraction of sp³-hybridized carbons (Fsp3) is 0.0714. The maximum Gasteiger partial charge on any atom is 0.140 e. The summed E-state index contributed by atoms with van der Waals surface area (Å²) in [5, 5.41) is 0. The Bertz CT molecular complexity index is 2890. The predicted molar refractivity (Wildman–Crippen MR) is 250 cm³/mol. The normalized spacial score (nSPS) is 14.3. The molecule has 5 heteroatoms. The van der Waals surface area contributed by atoms with Gasteiger partial charge in [-0.1, -0.05) is 153 Å². The molecule has 0 radical (unpaired) electrons.